The topological polar surface area (TPSA) is 77.2 Å². The Balaban J connectivity index is 1.75. The lowest BCUT2D eigenvalue weighted by molar-refractivity contribution is -0.124. The van der Waals surface area contributed by atoms with Crippen molar-refractivity contribution in [3.05, 3.63) is 29.6 Å². The number of nitrogens with zero attached hydrogens (tertiary/aromatic N) is 1. The van der Waals surface area contributed by atoms with E-state index in [0.29, 0.717) is 11.7 Å². The predicted molar refractivity (Wildman–Crippen MR) is 79.6 cm³/mol. The molecular formula is C14H15N3O2S. The molecule has 1 fully saturated rings. The van der Waals surface area contributed by atoms with Crippen LogP contribution < -0.4 is 11.1 Å². The number of rotatable bonds is 3. The molecule has 3 N–H and O–H groups in total. The Morgan fingerprint density at radius 1 is 1.50 bits per heavy atom. The summed E-state index contributed by atoms with van der Waals surface area (Å²) in [5.41, 5.74) is 8.14. The van der Waals surface area contributed by atoms with E-state index in [4.69, 9.17) is 10.5 Å². The molecule has 1 aromatic heterocycles. The smallest absolute Gasteiger partial charge is 0.253 e. The van der Waals surface area contributed by atoms with E-state index >= 15 is 0 Å². The van der Waals surface area contributed by atoms with Crippen LogP contribution in [0, 0.1) is 0 Å². The zero-order valence-corrected chi connectivity index (χ0v) is 11.7. The second-order valence-corrected chi connectivity index (χ2v) is 5.53. The summed E-state index contributed by atoms with van der Waals surface area (Å²) in [6.07, 6.45) is 1.40. The number of thiazole rings is 1. The Kier molecular flexibility index (Phi) is 3.66. The molecule has 5 nitrogen and oxygen atoms in total. The van der Waals surface area contributed by atoms with Crippen molar-refractivity contribution in [2.45, 2.75) is 18.9 Å². The Hall–Kier alpha value is -1.92. The maximum atomic E-state index is 12.0. The molecule has 0 saturated carbocycles. The summed E-state index contributed by atoms with van der Waals surface area (Å²) in [6, 6.07) is 7.57. The maximum absolute atomic E-state index is 12.0. The fourth-order valence-electron chi connectivity index (χ4n) is 2.18. The van der Waals surface area contributed by atoms with Gasteiger partial charge in [0.1, 0.15) is 6.10 Å². The Morgan fingerprint density at radius 3 is 3.10 bits per heavy atom. The molecule has 6 heteroatoms. The molecule has 0 spiro atoms. The van der Waals surface area contributed by atoms with Crippen molar-refractivity contribution in [3.8, 4) is 11.3 Å². The molecule has 3 rings (SSSR count). The van der Waals surface area contributed by atoms with Gasteiger partial charge in [0.2, 0.25) is 0 Å². The molecular weight excluding hydrogens is 274 g/mol. The molecule has 2 aromatic rings. The van der Waals surface area contributed by atoms with Gasteiger partial charge in [-0.25, -0.2) is 4.98 Å². The number of ether oxygens (including phenoxy) is 1. The Bertz CT molecular complexity index is 620. The summed E-state index contributed by atoms with van der Waals surface area (Å²) in [6.45, 7) is 0.663. The number of amides is 1. The SMILES string of the molecule is Nc1nc(-c2cccc(NC(=O)C3CCCO3)c2)cs1. The van der Waals surface area contributed by atoms with Crippen LogP contribution in [0.25, 0.3) is 11.3 Å². The molecule has 104 valence electrons. The first-order chi connectivity index (χ1) is 9.72. The van der Waals surface area contributed by atoms with Crippen molar-refractivity contribution < 1.29 is 9.53 Å². The van der Waals surface area contributed by atoms with Gasteiger partial charge in [0.25, 0.3) is 5.91 Å². The van der Waals surface area contributed by atoms with Gasteiger partial charge in [0, 0.05) is 23.2 Å². The van der Waals surface area contributed by atoms with Crippen LogP contribution in [0.2, 0.25) is 0 Å². The first kappa shape index (κ1) is 13.1. The average molecular weight is 289 g/mol. The van der Waals surface area contributed by atoms with E-state index < -0.39 is 0 Å². The number of aromatic nitrogens is 1. The first-order valence-electron chi connectivity index (χ1n) is 6.46. The number of nitrogen functional groups attached to an aromatic ring is 1. The van der Waals surface area contributed by atoms with Gasteiger partial charge in [-0.2, -0.15) is 0 Å². The highest BCUT2D eigenvalue weighted by molar-refractivity contribution is 7.13. The second kappa shape index (κ2) is 5.60. The van der Waals surface area contributed by atoms with Crippen LogP contribution in [0.15, 0.2) is 29.6 Å². The molecule has 1 aromatic carbocycles. The van der Waals surface area contributed by atoms with Crippen molar-refractivity contribution in [1.29, 1.82) is 0 Å². The quantitative estimate of drug-likeness (QED) is 0.910. The van der Waals surface area contributed by atoms with Crippen molar-refractivity contribution in [2.24, 2.45) is 0 Å². The fraction of sp³-hybridized carbons (Fsp3) is 0.286. The minimum atomic E-state index is -0.325. The van der Waals surface area contributed by atoms with E-state index in [1.165, 1.54) is 11.3 Å². The maximum Gasteiger partial charge on any atom is 0.253 e. The van der Waals surface area contributed by atoms with Crippen LogP contribution in [0.3, 0.4) is 0 Å². The van der Waals surface area contributed by atoms with Crippen molar-refractivity contribution in [3.63, 3.8) is 0 Å². The Labute approximate surface area is 120 Å². The number of carbonyl (C=O) groups excluding carboxylic acids is 1. The van der Waals surface area contributed by atoms with Gasteiger partial charge < -0.3 is 15.8 Å². The highest BCUT2D eigenvalue weighted by Gasteiger charge is 2.23. The Morgan fingerprint density at radius 2 is 2.40 bits per heavy atom. The third-order valence-corrected chi connectivity index (χ3v) is 3.84. The lowest BCUT2D eigenvalue weighted by Crippen LogP contribution is -2.26. The monoisotopic (exact) mass is 289 g/mol. The molecule has 1 amide bonds. The number of nitrogens with two attached hydrogens (primary N) is 1. The zero-order valence-electron chi connectivity index (χ0n) is 10.8. The number of hydrogen-bond acceptors (Lipinski definition) is 5. The van der Waals surface area contributed by atoms with E-state index in [1.54, 1.807) is 0 Å². The third kappa shape index (κ3) is 2.81. The van der Waals surface area contributed by atoms with Crippen LogP contribution in [0.5, 0.6) is 0 Å². The number of hydrogen-bond donors (Lipinski definition) is 2. The summed E-state index contributed by atoms with van der Waals surface area (Å²) in [4.78, 5) is 16.2. The predicted octanol–water partition coefficient (Wildman–Crippen LogP) is 2.51. The van der Waals surface area contributed by atoms with E-state index in [-0.39, 0.29) is 12.0 Å². The lowest BCUT2D eigenvalue weighted by atomic mass is 10.1. The summed E-state index contributed by atoms with van der Waals surface area (Å²) < 4.78 is 5.37. The molecule has 1 aliphatic heterocycles. The number of anilines is 2. The normalized spacial score (nSPS) is 18.1. The van der Waals surface area contributed by atoms with Gasteiger partial charge in [0.05, 0.1) is 5.69 Å². The molecule has 1 aliphatic rings. The van der Waals surface area contributed by atoms with Gasteiger partial charge in [-0.05, 0) is 25.0 Å². The van der Waals surface area contributed by atoms with Crippen LogP contribution in [-0.2, 0) is 9.53 Å². The van der Waals surface area contributed by atoms with Crippen LogP contribution in [0.1, 0.15) is 12.8 Å². The average Bonchev–Trinajstić information content (AvgIpc) is 3.10. The standard InChI is InChI=1S/C14H15N3O2S/c15-14-17-11(8-20-14)9-3-1-4-10(7-9)16-13(18)12-5-2-6-19-12/h1,3-4,7-8,12H,2,5-6H2,(H2,15,17)(H,16,18). The summed E-state index contributed by atoms with van der Waals surface area (Å²) >= 11 is 1.40. The van der Waals surface area contributed by atoms with Crippen molar-refractivity contribution in [1.82, 2.24) is 4.98 Å². The van der Waals surface area contributed by atoms with Crippen LogP contribution in [0.4, 0.5) is 10.8 Å². The number of benzene rings is 1. The van der Waals surface area contributed by atoms with Gasteiger partial charge >= 0.3 is 0 Å². The molecule has 2 heterocycles. The van der Waals surface area contributed by atoms with Gasteiger partial charge in [0.15, 0.2) is 5.13 Å². The molecule has 1 atom stereocenters. The summed E-state index contributed by atoms with van der Waals surface area (Å²) in [7, 11) is 0. The van der Waals surface area contributed by atoms with Gasteiger partial charge in [-0.3, -0.25) is 4.79 Å². The highest BCUT2D eigenvalue weighted by Crippen LogP contribution is 2.25. The molecule has 20 heavy (non-hydrogen) atoms. The lowest BCUT2D eigenvalue weighted by Gasteiger charge is -2.11. The zero-order chi connectivity index (χ0) is 13.9. The van der Waals surface area contributed by atoms with Crippen molar-refractivity contribution in [2.75, 3.05) is 17.7 Å². The van der Waals surface area contributed by atoms with Crippen molar-refractivity contribution >= 4 is 28.1 Å². The van der Waals surface area contributed by atoms with Crippen LogP contribution >= 0.6 is 11.3 Å². The number of carbonyl (C=O) groups is 1. The first-order valence-corrected chi connectivity index (χ1v) is 7.34. The third-order valence-electron chi connectivity index (χ3n) is 3.17. The fourth-order valence-corrected chi connectivity index (χ4v) is 2.76. The highest BCUT2D eigenvalue weighted by atomic mass is 32.1. The van der Waals surface area contributed by atoms with Gasteiger partial charge in [-0.1, -0.05) is 12.1 Å². The second-order valence-electron chi connectivity index (χ2n) is 4.64. The van der Waals surface area contributed by atoms with Gasteiger partial charge in [-0.15, -0.1) is 11.3 Å². The molecule has 0 bridgehead atoms. The van der Waals surface area contributed by atoms with Crippen LogP contribution in [-0.4, -0.2) is 23.6 Å². The molecule has 1 saturated heterocycles. The summed E-state index contributed by atoms with van der Waals surface area (Å²) in [5.74, 6) is -0.0857. The minimum absolute atomic E-state index is 0.0857. The van der Waals surface area contributed by atoms with E-state index in [2.05, 4.69) is 10.3 Å². The van der Waals surface area contributed by atoms with E-state index in [1.807, 2.05) is 29.6 Å². The van der Waals surface area contributed by atoms with E-state index in [9.17, 15) is 4.79 Å². The van der Waals surface area contributed by atoms with E-state index in [0.717, 1.165) is 29.8 Å². The number of nitrogens with one attached hydrogen (secondary N) is 1. The largest absolute Gasteiger partial charge is 0.375 e. The molecule has 1 unspecified atom stereocenters. The minimum Gasteiger partial charge on any atom is -0.375 e. The molecule has 0 aliphatic carbocycles. The molecule has 0 radical (unpaired) electrons. The summed E-state index contributed by atoms with van der Waals surface area (Å²) in [5, 5.41) is 5.32.